The maximum absolute atomic E-state index is 13.5. The Bertz CT molecular complexity index is 1100. The van der Waals surface area contributed by atoms with Crippen LogP contribution in [0.5, 0.6) is 0 Å². The normalized spacial score (nSPS) is 11.2. The van der Waals surface area contributed by atoms with Crippen LogP contribution in [0.25, 0.3) is 0 Å². The van der Waals surface area contributed by atoms with Gasteiger partial charge in [0.25, 0.3) is 11.8 Å². The quantitative estimate of drug-likeness (QED) is 0.394. The van der Waals surface area contributed by atoms with Gasteiger partial charge in [0, 0.05) is 42.8 Å². The Morgan fingerprint density at radius 3 is 1.94 bits per heavy atom. The van der Waals surface area contributed by atoms with E-state index in [4.69, 9.17) is 5.73 Å². The highest BCUT2D eigenvalue weighted by molar-refractivity contribution is 6.06. The van der Waals surface area contributed by atoms with Crippen molar-refractivity contribution in [3.8, 4) is 0 Å². The summed E-state index contributed by atoms with van der Waals surface area (Å²) in [6.07, 6.45) is 0. The Balaban J connectivity index is 1.75. The molecule has 0 fully saturated rings. The molecule has 0 saturated carbocycles. The van der Waals surface area contributed by atoms with Gasteiger partial charge in [0.05, 0.1) is 11.4 Å². The monoisotopic (exact) mass is 472 g/mol. The number of hydrogen-bond acceptors (Lipinski definition) is 4. The molecule has 0 saturated heterocycles. The molecule has 0 atom stereocenters. The van der Waals surface area contributed by atoms with Gasteiger partial charge in [0.1, 0.15) is 0 Å². The number of nitrogen functional groups attached to an aromatic ring is 1. The number of nitrogens with one attached hydrogen (secondary N) is 1. The van der Waals surface area contributed by atoms with Crippen LogP contribution < -0.4 is 11.1 Å². The molecule has 0 unspecified atom stereocenters. The van der Waals surface area contributed by atoms with Crippen molar-refractivity contribution in [3.63, 3.8) is 0 Å². The summed E-state index contributed by atoms with van der Waals surface area (Å²) in [5.74, 6) is -0.326. The fourth-order valence-corrected chi connectivity index (χ4v) is 4.16. The second kappa shape index (κ2) is 12.2. The lowest BCUT2D eigenvalue weighted by atomic mass is 10.1. The number of benzene rings is 3. The molecule has 0 heterocycles. The molecule has 0 aliphatic rings. The molecule has 3 rings (SSSR count). The minimum absolute atomic E-state index is 0.0550. The Hall–Kier alpha value is -3.64. The predicted molar refractivity (Wildman–Crippen MR) is 143 cm³/mol. The van der Waals surface area contributed by atoms with Crippen molar-refractivity contribution in [2.45, 2.75) is 46.3 Å². The summed E-state index contributed by atoms with van der Waals surface area (Å²) in [4.78, 5) is 30.4. The van der Waals surface area contributed by atoms with Crippen molar-refractivity contribution < 1.29 is 9.59 Å². The van der Waals surface area contributed by atoms with Gasteiger partial charge in [-0.25, -0.2) is 0 Å². The largest absolute Gasteiger partial charge is 0.397 e. The summed E-state index contributed by atoms with van der Waals surface area (Å²) in [7, 11) is 0. The minimum Gasteiger partial charge on any atom is -0.397 e. The molecule has 6 nitrogen and oxygen atoms in total. The summed E-state index contributed by atoms with van der Waals surface area (Å²) in [5.41, 5.74) is 9.09. The molecule has 0 spiro atoms. The summed E-state index contributed by atoms with van der Waals surface area (Å²) >= 11 is 0. The Kier molecular flexibility index (Phi) is 9.04. The number of para-hydroxylation sites is 2. The van der Waals surface area contributed by atoms with Crippen LogP contribution in [0.15, 0.2) is 78.9 Å². The third-order valence-corrected chi connectivity index (χ3v) is 6.06. The molecular formula is C29H36N4O2. The third kappa shape index (κ3) is 7.17. The van der Waals surface area contributed by atoms with Crippen LogP contribution in [0.1, 0.15) is 54.0 Å². The van der Waals surface area contributed by atoms with Gasteiger partial charge in [-0.1, -0.05) is 42.5 Å². The van der Waals surface area contributed by atoms with Gasteiger partial charge >= 0.3 is 0 Å². The number of nitrogens with zero attached hydrogens (tertiary/aromatic N) is 2. The van der Waals surface area contributed by atoms with Crippen molar-refractivity contribution in [1.82, 2.24) is 9.80 Å². The van der Waals surface area contributed by atoms with Crippen molar-refractivity contribution in [2.24, 2.45) is 0 Å². The lowest BCUT2D eigenvalue weighted by Crippen LogP contribution is -2.44. The lowest BCUT2D eigenvalue weighted by molar-refractivity contribution is 0.0693. The number of carbonyl (C=O) groups is 2. The van der Waals surface area contributed by atoms with Crippen LogP contribution in [0, 0.1) is 0 Å². The van der Waals surface area contributed by atoms with Gasteiger partial charge in [-0.2, -0.15) is 0 Å². The van der Waals surface area contributed by atoms with Crippen LogP contribution in [-0.4, -0.2) is 46.8 Å². The van der Waals surface area contributed by atoms with Crippen LogP contribution in [0.4, 0.5) is 11.4 Å². The van der Waals surface area contributed by atoms with Crippen molar-refractivity contribution in [1.29, 1.82) is 0 Å². The zero-order chi connectivity index (χ0) is 25.4. The van der Waals surface area contributed by atoms with Gasteiger partial charge in [0.2, 0.25) is 0 Å². The third-order valence-electron chi connectivity index (χ3n) is 6.06. The lowest BCUT2D eigenvalue weighted by Gasteiger charge is -2.33. The van der Waals surface area contributed by atoms with Gasteiger partial charge < -0.3 is 16.0 Å². The molecule has 3 aromatic carbocycles. The Labute approximate surface area is 208 Å². The fourth-order valence-electron chi connectivity index (χ4n) is 4.16. The average Bonchev–Trinajstić information content (AvgIpc) is 2.84. The summed E-state index contributed by atoms with van der Waals surface area (Å²) in [6.45, 7) is 10.6. The summed E-state index contributed by atoms with van der Waals surface area (Å²) in [6, 6.07) is 24.7. The highest BCUT2D eigenvalue weighted by atomic mass is 16.2. The number of rotatable bonds is 10. The minimum atomic E-state index is -0.271. The molecule has 0 aliphatic heterocycles. The van der Waals surface area contributed by atoms with Crippen LogP contribution in [0.2, 0.25) is 0 Å². The molecule has 3 N–H and O–H groups in total. The smallest absolute Gasteiger partial charge is 0.255 e. The van der Waals surface area contributed by atoms with Crippen LogP contribution in [-0.2, 0) is 6.54 Å². The molecule has 0 bridgehead atoms. The summed E-state index contributed by atoms with van der Waals surface area (Å²) < 4.78 is 0. The summed E-state index contributed by atoms with van der Waals surface area (Å²) in [5, 5.41) is 2.82. The standard InChI is InChI=1S/C29H36N4O2/c1-21(2)33(22(3)4)19-18-32(20-23-10-6-5-7-11-23)29(35)25-16-14-24(15-17-25)28(34)31-27-13-9-8-12-26(27)30/h5-17,21-22H,18-20,30H2,1-4H3,(H,31,34). The number of nitrogens with two attached hydrogens (primary N) is 1. The van der Waals surface area contributed by atoms with Gasteiger partial charge in [0.15, 0.2) is 0 Å². The van der Waals surface area contributed by atoms with Crippen LogP contribution >= 0.6 is 0 Å². The van der Waals surface area contributed by atoms with E-state index >= 15 is 0 Å². The molecule has 3 aromatic rings. The molecule has 0 aromatic heterocycles. The second-order valence-corrected chi connectivity index (χ2v) is 9.26. The van der Waals surface area contributed by atoms with Gasteiger partial charge in [-0.05, 0) is 69.7 Å². The second-order valence-electron chi connectivity index (χ2n) is 9.26. The highest BCUT2D eigenvalue weighted by Crippen LogP contribution is 2.19. The highest BCUT2D eigenvalue weighted by Gasteiger charge is 2.20. The molecule has 0 radical (unpaired) electrons. The van der Waals surface area contributed by atoms with E-state index in [1.54, 1.807) is 36.4 Å². The molecule has 2 amide bonds. The van der Waals surface area contributed by atoms with E-state index in [0.717, 1.165) is 12.1 Å². The molecule has 6 heteroatoms. The maximum atomic E-state index is 13.5. The van der Waals surface area contributed by atoms with Crippen molar-refractivity contribution in [3.05, 3.63) is 95.6 Å². The number of amides is 2. The first-order valence-corrected chi connectivity index (χ1v) is 12.1. The predicted octanol–water partition coefficient (Wildman–Crippen LogP) is 5.28. The Morgan fingerprint density at radius 2 is 1.34 bits per heavy atom. The van der Waals surface area contributed by atoms with E-state index in [-0.39, 0.29) is 11.8 Å². The molecule has 184 valence electrons. The fraction of sp³-hybridized carbons (Fsp3) is 0.310. The molecule has 35 heavy (non-hydrogen) atoms. The first-order chi connectivity index (χ1) is 16.8. The number of hydrogen-bond donors (Lipinski definition) is 2. The maximum Gasteiger partial charge on any atom is 0.255 e. The van der Waals surface area contributed by atoms with Crippen molar-refractivity contribution in [2.75, 3.05) is 24.1 Å². The molecule has 0 aliphatic carbocycles. The van der Waals surface area contributed by atoms with E-state index in [1.807, 2.05) is 47.4 Å². The van der Waals surface area contributed by atoms with Gasteiger partial charge in [-0.3, -0.25) is 14.5 Å². The average molecular weight is 473 g/mol. The van der Waals surface area contributed by atoms with E-state index in [1.165, 1.54) is 0 Å². The zero-order valence-electron chi connectivity index (χ0n) is 21.1. The zero-order valence-corrected chi connectivity index (χ0v) is 21.1. The number of carbonyl (C=O) groups excluding carboxylic acids is 2. The first-order valence-electron chi connectivity index (χ1n) is 12.1. The van der Waals surface area contributed by atoms with Crippen LogP contribution in [0.3, 0.4) is 0 Å². The SMILES string of the molecule is CC(C)N(CCN(Cc1ccccc1)C(=O)c1ccc(C(=O)Nc2ccccc2N)cc1)C(C)C. The van der Waals surface area contributed by atoms with E-state index in [9.17, 15) is 9.59 Å². The van der Waals surface area contributed by atoms with E-state index < -0.39 is 0 Å². The topological polar surface area (TPSA) is 78.7 Å². The number of anilines is 2. The van der Waals surface area contributed by atoms with E-state index in [0.29, 0.717) is 47.7 Å². The van der Waals surface area contributed by atoms with Gasteiger partial charge in [-0.15, -0.1) is 0 Å². The van der Waals surface area contributed by atoms with Crippen molar-refractivity contribution >= 4 is 23.2 Å². The van der Waals surface area contributed by atoms with E-state index in [2.05, 4.69) is 37.9 Å². The first kappa shape index (κ1) is 26.0. The molecular weight excluding hydrogens is 436 g/mol. The Morgan fingerprint density at radius 1 is 0.771 bits per heavy atom.